The molecule has 1 rings (SSSR count). The molecule has 1 heterocycles. The van der Waals surface area contributed by atoms with E-state index in [0.29, 0.717) is 6.42 Å². The average Bonchev–Trinajstić information content (AvgIpc) is 2.55. The number of rotatable bonds is 5. The van der Waals surface area contributed by atoms with E-state index >= 15 is 0 Å². The van der Waals surface area contributed by atoms with Crippen LogP contribution in [0, 0.1) is 0 Å². The Morgan fingerprint density at radius 3 is 2.71 bits per heavy atom. The summed E-state index contributed by atoms with van der Waals surface area (Å²) in [6.07, 6.45) is 1.72. The maximum atomic E-state index is 12.0. The van der Waals surface area contributed by atoms with Gasteiger partial charge in [-0.15, -0.1) is 0 Å². The molecule has 1 aromatic rings. The van der Waals surface area contributed by atoms with Crippen molar-refractivity contribution in [3.05, 3.63) is 11.2 Å². The molecule has 0 aliphatic heterocycles. The fourth-order valence-electron chi connectivity index (χ4n) is 1.29. The summed E-state index contributed by atoms with van der Waals surface area (Å²) < 4.78 is 27.6. The molecule has 1 atom stereocenters. The number of aromatic nitrogens is 2. The number of nitrogens with one attached hydrogen (secondary N) is 1. The summed E-state index contributed by atoms with van der Waals surface area (Å²) in [6, 6.07) is -0.596. The van der Waals surface area contributed by atoms with Gasteiger partial charge in [-0.25, -0.2) is 8.42 Å². The van der Waals surface area contributed by atoms with Crippen LogP contribution < -0.4 is 10.5 Å². The molecule has 0 bridgehead atoms. The lowest BCUT2D eigenvalue weighted by molar-refractivity contribution is 0.555. The van der Waals surface area contributed by atoms with Crippen molar-refractivity contribution in [1.82, 2.24) is 14.5 Å². The number of thiocarbonyl (C=S) groups is 1. The van der Waals surface area contributed by atoms with Crippen molar-refractivity contribution in [1.29, 1.82) is 0 Å². The van der Waals surface area contributed by atoms with Crippen LogP contribution in [0.3, 0.4) is 0 Å². The van der Waals surface area contributed by atoms with Crippen LogP contribution in [0.2, 0.25) is 5.02 Å². The second-order valence-corrected chi connectivity index (χ2v) is 5.91. The minimum absolute atomic E-state index is 0.0535. The molecule has 0 saturated carbocycles. The van der Waals surface area contributed by atoms with E-state index in [4.69, 9.17) is 29.6 Å². The van der Waals surface area contributed by atoms with Gasteiger partial charge >= 0.3 is 0 Å². The maximum absolute atomic E-state index is 12.0. The molecule has 3 N–H and O–H groups in total. The van der Waals surface area contributed by atoms with Crippen LogP contribution in [-0.4, -0.2) is 29.2 Å². The summed E-state index contributed by atoms with van der Waals surface area (Å²) >= 11 is 10.5. The highest BCUT2D eigenvalue weighted by Crippen LogP contribution is 2.19. The molecule has 9 heteroatoms. The summed E-state index contributed by atoms with van der Waals surface area (Å²) in [5.74, 6) is 0. The first-order valence-corrected chi connectivity index (χ1v) is 7.05. The number of nitrogens with two attached hydrogens (primary N) is 1. The van der Waals surface area contributed by atoms with Crippen LogP contribution in [0.4, 0.5) is 0 Å². The minimum atomic E-state index is -3.78. The molecule has 0 radical (unpaired) electrons. The molecule has 17 heavy (non-hydrogen) atoms. The van der Waals surface area contributed by atoms with E-state index in [1.165, 1.54) is 17.9 Å². The SMILES string of the molecule is CCC(NS(=O)(=O)c1c(Cl)cnn1C)C(N)=S. The van der Waals surface area contributed by atoms with E-state index in [2.05, 4.69) is 9.82 Å². The second-order valence-electron chi connectivity index (χ2n) is 3.41. The number of hydrogen-bond donors (Lipinski definition) is 2. The monoisotopic (exact) mass is 296 g/mol. The molecule has 0 aliphatic carbocycles. The lowest BCUT2D eigenvalue weighted by Gasteiger charge is -2.15. The third-order valence-electron chi connectivity index (χ3n) is 2.15. The van der Waals surface area contributed by atoms with Crippen molar-refractivity contribution < 1.29 is 8.42 Å². The molecule has 1 unspecified atom stereocenters. The predicted octanol–water partition coefficient (Wildman–Crippen LogP) is 0.416. The highest BCUT2D eigenvalue weighted by Gasteiger charge is 2.26. The zero-order valence-electron chi connectivity index (χ0n) is 9.34. The number of hydrogen-bond acceptors (Lipinski definition) is 4. The van der Waals surface area contributed by atoms with E-state index in [9.17, 15) is 8.42 Å². The largest absolute Gasteiger partial charge is 0.392 e. The molecule has 0 aliphatic rings. The highest BCUT2D eigenvalue weighted by atomic mass is 35.5. The van der Waals surface area contributed by atoms with Crippen LogP contribution in [-0.2, 0) is 17.1 Å². The van der Waals surface area contributed by atoms with Gasteiger partial charge in [0.2, 0.25) is 0 Å². The molecule has 1 aromatic heterocycles. The molecular weight excluding hydrogens is 284 g/mol. The Labute approximate surface area is 110 Å². The highest BCUT2D eigenvalue weighted by molar-refractivity contribution is 7.89. The molecule has 0 amide bonds. The lowest BCUT2D eigenvalue weighted by Crippen LogP contribution is -2.43. The Morgan fingerprint density at radius 1 is 1.76 bits per heavy atom. The van der Waals surface area contributed by atoms with Crippen LogP contribution >= 0.6 is 23.8 Å². The van der Waals surface area contributed by atoms with E-state index in [1.54, 1.807) is 6.92 Å². The number of sulfonamides is 1. The van der Waals surface area contributed by atoms with Gasteiger partial charge in [0.1, 0.15) is 0 Å². The van der Waals surface area contributed by atoms with Gasteiger partial charge in [-0.3, -0.25) is 4.68 Å². The van der Waals surface area contributed by atoms with Crippen molar-refractivity contribution >= 4 is 38.8 Å². The predicted molar refractivity (Wildman–Crippen MR) is 69.4 cm³/mol. The third-order valence-corrected chi connectivity index (χ3v) is 4.41. The van der Waals surface area contributed by atoms with Gasteiger partial charge < -0.3 is 5.73 Å². The fraction of sp³-hybridized carbons (Fsp3) is 0.500. The van der Waals surface area contributed by atoms with Crippen LogP contribution in [0.5, 0.6) is 0 Å². The molecule has 0 fully saturated rings. The van der Waals surface area contributed by atoms with Gasteiger partial charge in [0, 0.05) is 7.05 Å². The first-order chi connectivity index (χ1) is 7.79. The van der Waals surface area contributed by atoms with Gasteiger partial charge in [-0.05, 0) is 6.42 Å². The average molecular weight is 297 g/mol. The van der Waals surface area contributed by atoms with Crippen LogP contribution in [0.15, 0.2) is 11.2 Å². The zero-order valence-corrected chi connectivity index (χ0v) is 11.7. The molecule has 96 valence electrons. The summed E-state index contributed by atoms with van der Waals surface area (Å²) in [4.78, 5) is 0.0920. The molecule has 0 aromatic carbocycles. The molecule has 6 nitrogen and oxygen atoms in total. The Hall–Kier alpha value is -0.700. The quantitative estimate of drug-likeness (QED) is 0.769. The Bertz CT molecular complexity index is 506. The van der Waals surface area contributed by atoms with Crippen molar-refractivity contribution in [3.63, 3.8) is 0 Å². The van der Waals surface area contributed by atoms with Gasteiger partial charge in [-0.2, -0.15) is 9.82 Å². The van der Waals surface area contributed by atoms with E-state index < -0.39 is 16.1 Å². The van der Waals surface area contributed by atoms with Gasteiger partial charge in [0.25, 0.3) is 10.0 Å². The van der Waals surface area contributed by atoms with Crippen molar-refractivity contribution in [3.8, 4) is 0 Å². The topological polar surface area (TPSA) is 90.0 Å². The summed E-state index contributed by atoms with van der Waals surface area (Å²) in [7, 11) is -2.30. The molecule has 0 saturated heterocycles. The maximum Gasteiger partial charge on any atom is 0.259 e. The Balaban J connectivity index is 3.09. The van der Waals surface area contributed by atoms with E-state index in [1.807, 2.05) is 0 Å². The third kappa shape index (κ3) is 3.15. The van der Waals surface area contributed by atoms with Crippen molar-refractivity contribution in [2.75, 3.05) is 0 Å². The Morgan fingerprint density at radius 2 is 2.35 bits per heavy atom. The van der Waals surface area contributed by atoms with Gasteiger partial charge in [-0.1, -0.05) is 30.7 Å². The first kappa shape index (κ1) is 14.4. The van der Waals surface area contributed by atoms with E-state index in [0.717, 1.165) is 0 Å². The number of halogens is 1. The Kier molecular flexibility index (Phi) is 4.48. The summed E-state index contributed by atoms with van der Waals surface area (Å²) in [5, 5.41) is 3.71. The van der Waals surface area contributed by atoms with Crippen molar-refractivity contribution in [2.45, 2.75) is 24.4 Å². The number of nitrogens with zero attached hydrogens (tertiary/aromatic N) is 2. The van der Waals surface area contributed by atoms with E-state index in [-0.39, 0.29) is 15.0 Å². The standard InChI is InChI=1S/C8H13ClN4O2S2/c1-3-6(7(10)16)12-17(14,15)8-5(9)4-11-13(8)2/h4,6,12H,3H2,1-2H3,(H2,10,16). The first-order valence-electron chi connectivity index (χ1n) is 4.78. The molecule has 0 spiro atoms. The zero-order chi connectivity index (χ0) is 13.2. The van der Waals surface area contributed by atoms with Gasteiger partial charge in [0.05, 0.1) is 22.2 Å². The lowest BCUT2D eigenvalue weighted by atomic mass is 10.2. The molecular formula is C8H13ClN4O2S2. The van der Waals surface area contributed by atoms with Gasteiger partial charge in [0.15, 0.2) is 5.03 Å². The fourth-order valence-corrected chi connectivity index (χ4v) is 3.54. The van der Waals surface area contributed by atoms with Crippen LogP contribution in [0.1, 0.15) is 13.3 Å². The number of aryl methyl sites for hydroxylation is 1. The minimum Gasteiger partial charge on any atom is -0.392 e. The van der Waals surface area contributed by atoms with Crippen LogP contribution in [0.25, 0.3) is 0 Å². The summed E-state index contributed by atoms with van der Waals surface area (Å²) in [5.41, 5.74) is 5.43. The van der Waals surface area contributed by atoms with Crippen molar-refractivity contribution in [2.24, 2.45) is 12.8 Å². The normalized spacial score (nSPS) is 13.6. The smallest absolute Gasteiger partial charge is 0.259 e. The second kappa shape index (κ2) is 5.30. The summed E-state index contributed by atoms with van der Waals surface area (Å²) in [6.45, 7) is 1.77.